The molecular formula is C11H11F4NO4. The largest absolute Gasteiger partial charge is 0.573 e. The summed E-state index contributed by atoms with van der Waals surface area (Å²) < 4.78 is 62.7. The van der Waals surface area contributed by atoms with E-state index in [4.69, 9.17) is 4.74 Å². The second kappa shape index (κ2) is 6.40. The highest BCUT2D eigenvalue weighted by Gasteiger charge is 2.35. The van der Waals surface area contributed by atoms with Crippen LogP contribution < -0.4 is 9.47 Å². The van der Waals surface area contributed by atoms with Crippen LogP contribution in [0.5, 0.6) is 11.5 Å². The average molecular weight is 297 g/mol. The van der Waals surface area contributed by atoms with Crippen molar-refractivity contribution < 1.29 is 36.6 Å². The predicted octanol–water partition coefficient (Wildman–Crippen LogP) is 2.17. The summed E-state index contributed by atoms with van der Waals surface area (Å²) >= 11 is 0. The third-order valence-electron chi connectivity index (χ3n) is 2.28. The zero-order valence-electron chi connectivity index (χ0n) is 10.6. The smallest absolute Gasteiger partial charge is 0.495 e. The van der Waals surface area contributed by atoms with Gasteiger partial charge >= 0.3 is 12.3 Å². The van der Waals surface area contributed by atoms with Crippen LogP contribution in [0.2, 0.25) is 0 Å². The number of ether oxygens (including phenoxy) is 3. The first kappa shape index (κ1) is 16.0. The van der Waals surface area contributed by atoms with Crippen LogP contribution >= 0.6 is 0 Å². The predicted molar refractivity (Wildman–Crippen MR) is 58.0 cm³/mol. The van der Waals surface area contributed by atoms with Crippen LogP contribution in [0, 0.1) is 0 Å². The number of nitrogens with zero attached hydrogens (tertiary/aromatic N) is 1. The Balaban J connectivity index is 3.35. The van der Waals surface area contributed by atoms with Crippen LogP contribution in [0.25, 0.3) is 0 Å². The quantitative estimate of drug-likeness (QED) is 0.616. The van der Waals surface area contributed by atoms with E-state index in [0.29, 0.717) is 0 Å². The lowest BCUT2D eigenvalue weighted by molar-refractivity contribution is -0.275. The average Bonchev–Trinajstić information content (AvgIpc) is 2.38. The van der Waals surface area contributed by atoms with E-state index in [1.165, 1.54) is 7.11 Å². The highest BCUT2D eigenvalue weighted by atomic mass is 19.4. The molecule has 5 nitrogen and oxygen atoms in total. The zero-order chi connectivity index (χ0) is 15.3. The first-order valence-corrected chi connectivity index (χ1v) is 5.25. The van der Waals surface area contributed by atoms with Crippen LogP contribution in [-0.2, 0) is 22.6 Å². The van der Waals surface area contributed by atoms with Gasteiger partial charge in [-0.2, -0.15) is 0 Å². The number of carbonyl (C=O) groups is 1. The lowest BCUT2D eigenvalue weighted by Gasteiger charge is -2.17. The van der Waals surface area contributed by atoms with Crippen molar-refractivity contribution in [2.45, 2.75) is 19.5 Å². The molecule has 1 rings (SSSR count). The molecule has 0 saturated heterocycles. The fourth-order valence-corrected chi connectivity index (χ4v) is 1.45. The van der Waals surface area contributed by atoms with Crippen molar-refractivity contribution >= 4 is 5.97 Å². The van der Waals surface area contributed by atoms with Gasteiger partial charge in [-0.1, -0.05) is 0 Å². The summed E-state index contributed by atoms with van der Waals surface area (Å²) in [6.07, 6.45) is -4.61. The molecule has 0 amide bonds. The highest BCUT2D eigenvalue weighted by Crippen LogP contribution is 2.35. The zero-order valence-corrected chi connectivity index (χ0v) is 10.6. The first-order chi connectivity index (χ1) is 9.32. The van der Waals surface area contributed by atoms with Gasteiger partial charge in [-0.05, 0) is 0 Å². The van der Waals surface area contributed by atoms with Crippen molar-refractivity contribution in [1.82, 2.24) is 4.98 Å². The maximum Gasteiger partial charge on any atom is 0.573 e. The number of hydrogen-bond donors (Lipinski definition) is 0. The number of pyridine rings is 1. The van der Waals surface area contributed by atoms with Gasteiger partial charge in [0.05, 0.1) is 32.4 Å². The molecule has 0 saturated carbocycles. The molecule has 0 spiro atoms. The lowest BCUT2D eigenvalue weighted by Crippen LogP contribution is -2.21. The fraction of sp³-hybridized carbons (Fsp3) is 0.455. The van der Waals surface area contributed by atoms with Gasteiger partial charge in [0.25, 0.3) is 0 Å². The number of carbonyl (C=O) groups excluding carboxylic acids is 1. The third-order valence-corrected chi connectivity index (χ3v) is 2.28. The molecule has 1 aromatic heterocycles. The van der Waals surface area contributed by atoms with E-state index < -0.39 is 36.9 Å². The van der Waals surface area contributed by atoms with Gasteiger partial charge in [-0.3, -0.25) is 9.78 Å². The molecule has 112 valence electrons. The highest BCUT2D eigenvalue weighted by molar-refractivity contribution is 5.75. The molecule has 0 fully saturated rings. The van der Waals surface area contributed by atoms with Gasteiger partial charge in [0.1, 0.15) is 18.1 Å². The Hall–Kier alpha value is -2.06. The van der Waals surface area contributed by atoms with Gasteiger partial charge in [-0.25, -0.2) is 4.39 Å². The molecule has 9 heteroatoms. The first-order valence-electron chi connectivity index (χ1n) is 5.25. The Morgan fingerprint density at radius 2 is 2.00 bits per heavy atom. The SMILES string of the molecule is COC(=O)Cc1c(OC)cnc(CF)c1OC(F)(F)F. The molecule has 0 unspecified atom stereocenters. The molecule has 0 aliphatic heterocycles. The van der Waals surface area contributed by atoms with Crippen LogP contribution in [-0.4, -0.2) is 31.5 Å². The van der Waals surface area contributed by atoms with Crippen molar-refractivity contribution in [3.05, 3.63) is 17.5 Å². The molecule has 0 bridgehead atoms. The Morgan fingerprint density at radius 3 is 2.45 bits per heavy atom. The number of hydrogen-bond acceptors (Lipinski definition) is 5. The van der Waals surface area contributed by atoms with Crippen molar-refractivity contribution in [1.29, 1.82) is 0 Å². The molecule has 20 heavy (non-hydrogen) atoms. The minimum absolute atomic E-state index is 0.133. The van der Waals surface area contributed by atoms with Crippen molar-refractivity contribution in [3.8, 4) is 11.5 Å². The minimum Gasteiger partial charge on any atom is -0.495 e. The summed E-state index contributed by atoms with van der Waals surface area (Å²) in [5.41, 5.74) is -0.860. The van der Waals surface area contributed by atoms with Crippen LogP contribution in [0.1, 0.15) is 11.3 Å². The summed E-state index contributed by atoms with van der Waals surface area (Å²) in [6.45, 7) is -1.29. The molecular weight excluding hydrogens is 286 g/mol. The third kappa shape index (κ3) is 3.97. The van der Waals surface area contributed by atoms with E-state index in [0.717, 1.165) is 13.3 Å². The number of methoxy groups -OCH3 is 2. The monoisotopic (exact) mass is 297 g/mol. The van der Waals surface area contributed by atoms with Crippen LogP contribution in [0.15, 0.2) is 6.20 Å². The summed E-state index contributed by atoms with van der Waals surface area (Å²) in [7, 11) is 2.24. The van der Waals surface area contributed by atoms with E-state index >= 15 is 0 Å². The van der Waals surface area contributed by atoms with Crippen molar-refractivity contribution in [3.63, 3.8) is 0 Å². The summed E-state index contributed by atoms with van der Waals surface area (Å²) in [5.74, 6) is -1.84. The molecule has 1 aromatic rings. The molecule has 0 aliphatic carbocycles. The van der Waals surface area contributed by atoms with Crippen LogP contribution in [0.4, 0.5) is 17.6 Å². The number of halogens is 4. The van der Waals surface area contributed by atoms with Gasteiger partial charge in [-0.15, -0.1) is 13.2 Å². The van der Waals surface area contributed by atoms with Crippen molar-refractivity contribution in [2.75, 3.05) is 14.2 Å². The molecule has 0 atom stereocenters. The number of esters is 1. The van der Waals surface area contributed by atoms with Gasteiger partial charge < -0.3 is 14.2 Å². The maximum atomic E-state index is 12.7. The number of rotatable bonds is 5. The molecule has 0 aliphatic rings. The summed E-state index contributed by atoms with van der Waals surface area (Å²) in [4.78, 5) is 14.7. The lowest BCUT2D eigenvalue weighted by atomic mass is 10.1. The maximum absolute atomic E-state index is 12.7. The topological polar surface area (TPSA) is 57.7 Å². The van der Waals surface area contributed by atoms with Gasteiger partial charge in [0, 0.05) is 0 Å². The minimum atomic E-state index is -5.05. The van der Waals surface area contributed by atoms with E-state index in [1.54, 1.807) is 0 Å². The Morgan fingerprint density at radius 1 is 1.35 bits per heavy atom. The summed E-state index contributed by atoms with van der Waals surface area (Å²) in [5, 5.41) is 0. The second-order valence-corrected chi connectivity index (χ2v) is 3.52. The number of aromatic nitrogens is 1. The molecule has 0 aromatic carbocycles. The van der Waals surface area contributed by atoms with E-state index in [-0.39, 0.29) is 11.3 Å². The van der Waals surface area contributed by atoms with E-state index in [9.17, 15) is 22.4 Å². The van der Waals surface area contributed by atoms with E-state index in [1.807, 2.05) is 0 Å². The van der Waals surface area contributed by atoms with Crippen molar-refractivity contribution in [2.24, 2.45) is 0 Å². The fourth-order valence-electron chi connectivity index (χ4n) is 1.45. The van der Waals surface area contributed by atoms with Crippen LogP contribution in [0.3, 0.4) is 0 Å². The molecule has 0 N–H and O–H groups in total. The van der Waals surface area contributed by atoms with Gasteiger partial charge in [0.2, 0.25) is 0 Å². The Labute approximate surface area is 111 Å². The molecule has 1 heterocycles. The summed E-state index contributed by atoms with van der Waals surface area (Å²) in [6, 6.07) is 0. The standard InChI is InChI=1S/C11H11F4NO4/c1-18-8-5-16-7(4-12)10(20-11(13,14)15)6(8)3-9(17)19-2/h5H,3-4H2,1-2H3. The normalized spacial score (nSPS) is 11.1. The molecule has 0 radical (unpaired) electrons. The Kier molecular flexibility index (Phi) is 5.12. The number of alkyl halides is 4. The second-order valence-electron chi connectivity index (χ2n) is 3.52. The Bertz CT molecular complexity index is 490. The van der Waals surface area contributed by atoms with Gasteiger partial charge in [0.15, 0.2) is 5.75 Å². The van der Waals surface area contributed by atoms with E-state index in [2.05, 4.69) is 14.5 Å².